The van der Waals surface area contributed by atoms with Gasteiger partial charge in [-0.05, 0) is 30.3 Å². The number of para-hydroxylation sites is 1. The highest BCUT2D eigenvalue weighted by atomic mass is 79.9. The second kappa shape index (κ2) is 5.55. The zero-order valence-electron chi connectivity index (χ0n) is 9.72. The van der Waals surface area contributed by atoms with Gasteiger partial charge in [0.25, 0.3) is 0 Å². The molecule has 0 fully saturated rings. The van der Waals surface area contributed by atoms with Crippen LogP contribution in [0, 0.1) is 11.3 Å². The first-order valence-electron chi connectivity index (χ1n) is 5.41. The van der Waals surface area contributed by atoms with Crippen molar-refractivity contribution in [3.8, 4) is 6.07 Å². The van der Waals surface area contributed by atoms with Gasteiger partial charge in [-0.15, -0.1) is 0 Å². The summed E-state index contributed by atoms with van der Waals surface area (Å²) in [6, 6.07) is 13.8. The van der Waals surface area contributed by atoms with E-state index in [1.807, 2.05) is 0 Å². The van der Waals surface area contributed by atoms with E-state index in [2.05, 4.69) is 27.3 Å². The van der Waals surface area contributed by atoms with Crippen LogP contribution in [0.2, 0.25) is 0 Å². The molecule has 0 atom stereocenters. The number of nitriles is 1. The highest BCUT2D eigenvalue weighted by molar-refractivity contribution is 9.10. The smallest absolute Gasteiger partial charge is 0.337 e. The molecule has 2 N–H and O–H groups in total. The van der Waals surface area contributed by atoms with Gasteiger partial charge in [-0.3, -0.25) is 0 Å². The number of hydrogen-bond donors (Lipinski definition) is 2. The number of aromatic carboxylic acids is 1. The van der Waals surface area contributed by atoms with Gasteiger partial charge in [-0.1, -0.05) is 28.1 Å². The molecule has 0 bridgehead atoms. The van der Waals surface area contributed by atoms with Crippen LogP contribution < -0.4 is 5.32 Å². The van der Waals surface area contributed by atoms with Crippen LogP contribution in [-0.2, 0) is 0 Å². The number of halogens is 1. The number of nitrogens with one attached hydrogen (secondary N) is 1. The highest BCUT2D eigenvalue weighted by Gasteiger charge is 2.10. The first-order valence-corrected chi connectivity index (χ1v) is 6.20. The number of benzene rings is 2. The molecule has 94 valence electrons. The van der Waals surface area contributed by atoms with Gasteiger partial charge in [0, 0.05) is 4.47 Å². The highest BCUT2D eigenvalue weighted by Crippen LogP contribution is 2.26. The third kappa shape index (κ3) is 2.92. The van der Waals surface area contributed by atoms with Crippen molar-refractivity contribution >= 4 is 33.3 Å². The van der Waals surface area contributed by atoms with E-state index in [4.69, 9.17) is 10.4 Å². The van der Waals surface area contributed by atoms with Crippen molar-refractivity contribution in [3.63, 3.8) is 0 Å². The third-order valence-electron chi connectivity index (χ3n) is 2.53. The Morgan fingerprint density at radius 2 is 1.95 bits per heavy atom. The Hall–Kier alpha value is -2.32. The molecular weight excluding hydrogens is 308 g/mol. The number of carbonyl (C=O) groups is 1. The van der Waals surface area contributed by atoms with Gasteiger partial charge in [0.1, 0.15) is 6.07 Å². The minimum Gasteiger partial charge on any atom is -0.478 e. The predicted molar refractivity (Wildman–Crippen MR) is 75.5 cm³/mol. The fourth-order valence-corrected chi connectivity index (χ4v) is 2.00. The topological polar surface area (TPSA) is 73.1 Å². The molecule has 0 aliphatic rings. The maximum atomic E-state index is 11.1. The molecule has 2 aromatic carbocycles. The normalized spacial score (nSPS) is 9.68. The van der Waals surface area contributed by atoms with Crippen molar-refractivity contribution < 1.29 is 9.90 Å². The Balaban J connectivity index is 2.45. The Kier molecular flexibility index (Phi) is 3.83. The minimum atomic E-state index is -1.02. The van der Waals surface area contributed by atoms with Gasteiger partial charge in [-0.25, -0.2) is 4.79 Å². The molecule has 0 saturated heterocycles. The van der Waals surface area contributed by atoms with Crippen LogP contribution in [0.3, 0.4) is 0 Å². The second-order valence-electron chi connectivity index (χ2n) is 3.78. The van der Waals surface area contributed by atoms with Crippen molar-refractivity contribution in [2.24, 2.45) is 0 Å². The molecule has 0 heterocycles. The van der Waals surface area contributed by atoms with Gasteiger partial charge in [-0.2, -0.15) is 5.26 Å². The summed E-state index contributed by atoms with van der Waals surface area (Å²) in [6.07, 6.45) is 0. The van der Waals surface area contributed by atoms with E-state index < -0.39 is 5.97 Å². The molecule has 19 heavy (non-hydrogen) atoms. The second-order valence-corrected chi connectivity index (χ2v) is 4.69. The fraction of sp³-hybridized carbons (Fsp3) is 0. The van der Waals surface area contributed by atoms with Crippen LogP contribution in [0.4, 0.5) is 11.4 Å². The van der Waals surface area contributed by atoms with Crippen LogP contribution in [0.15, 0.2) is 46.9 Å². The average Bonchev–Trinajstić information content (AvgIpc) is 2.39. The van der Waals surface area contributed by atoms with Crippen molar-refractivity contribution in [3.05, 3.63) is 58.1 Å². The van der Waals surface area contributed by atoms with E-state index in [1.54, 1.807) is 36.4 Å². The lowest BCUT2D eigenvalue weighted by molar-refractivity contribution is 0.0698. The van der Waals surface area contributed by atoms with Crippen LogP contribution in [0.1, 0.15) is 15.9 Å². The standard InChI is InChI=1S/C14H9BrN2O2/c15-10-6-5-9(8-16)13(7-10)17-12-4-2-1-3-11(12)14(18)19/h1-7,17H,(H,18,19). The van der Waals surface area contributed by atoms with Crippen LogP contribution in [-0.4, -0.2) is 11.1 Å². The largest absolute Gasteiger partial charge is 0.478 e. The van der Waals surface area contributed by atoms with Crippen molar-refractivity contribution in [2.75, 3.05) is 5.32 Å². The fourth-order valence-electron chi connectivity index (χ4n) is 1.64. The van der Waals surface area contributed by atoms with Gasteiger partial charge >= 0.3 is 5.97 Å². The van der Waals surface area contributed by atoms with E-state index in [0.717, 1.165) is 4.47 Å². The molecule has 0 radical (unpaired) electrons. The Bertz CT molecular complexity index is 677. The number of carboxylic acids is 1. The quantitative estimate of drug-likeness (QED) is 0.904. The molecule has 4 nitrogen and oxygen atoms in total. The molecule has 0 unspecified atom stereocenters. The first-order chi connectivity index (χ1) is 9.11. The Labute approximate surface area is 118 Å². The number of hydrogen-bond acceptors (Lipinski definition) is 3. The average molecular weight is 317 g/mol. The predicted octanol–water partition coefficient (Wildman–Crippen LogP) is 3.76. The SMILES string of the molecule is N#Cc1ccc(Br)cc1Nc1ccccc1C(=O)O. The first kappa shape index (κ1) is 13.1. The number of carboxylic acid groups (broad SMARTS) is 1. The Morgan fingerprint density at radius 1 is 1.21 bits per heavy atom. The summed E-state index contributed by atoms with van der Waals surface area (Å²) >= 11 is 3.32. The summed E-state index contributed by atoms with van der Waals surface area (Å²) in [6.45, 7) is 0. The van der Waals surface area contributed by atoms with E-state index in [9.17, 15) is 4.79 Å². The van der Waals surface area contributed by atoms with E-state index in [1.165, 1.54) is 6.07 Å². The number of anilines is 2. The molecule has 0 spiro atoms. The monoisotopic (exact) mass is 316 g/mol. The van der Waals surface area contributed by atoms with E-state index in [-0.39, 0.29) is 5.56 Å². The summed E-state index contributed by atoms with van der Waals surface area (Å²) < 4.78 is 0.807. The summed E-state index contributed by atoms with van der Waals surface area (Å²) in [5.74, 6) is -1.02. The molecule has 0 saturated carbocycles. The third-order valence-corrected chi connectivity index (χ3v) is 3.02. The molecule has 0 amide bonds. The maximum Gasteiger partial charge on any atom is 0.337 e. The molecule has 2 aromatic rings. The number of nitrogens with zero attached hydrogens (tertiary/aromatic N) is 1. The summed E-state index contributed by atoms with van der Waals surface area (Å²) in [4.78, 5) is 11.1. The van der Waals surface area contributed by atoms with Crippen molar-refractivity contribution in [1.29, 1.82) is 5.26 Å². The lowest BCUT2D eigenvalue weighted by Crippen LogP contribution is -2.03. The summed E-state index contributed by atoms with van der Waals surface area (Å²) in [5, 5.41) is 21.1. The van der Waals surface area contributed by atoms with Gasteiger partial charge < -0.3 is 10.4 Å². The molecular formula is C14H9BrN2O2. The maximum absolute atomic E-state index is 11.1. The molecule has 0 aliphatic heterocycles. The molecule has 5 heteroatoms. The van der Waals surface area contributed by atoms with Gasteiger partial charge in [0.15, 0.2) is 0 Å². The van der Waals surface area contributed by atoms with Crippen molar-refractivity contribution in [2.45, 2.75) is 0 Å². The van der Waals surface area contributed by atoms with Gasteiger partial charge in [0.05, 0.1) is 22.5 Å². The zero-order valence-corrected chi connectivity index (χ0v) is 11.3. The van der Waals surface area contributed by atoms with Crippen molar-refractivity contribution in [1.82, 2.24) is 0 Å². The lowest BCUT2D eigenvalue weighted by atomic mass is 10.1. The lowest BCUT2D eigenvalue weighted by Gasteiger charge is -2.11. The minimum absolute atomic E-state index is 0.159. The summed E-state index contributed by atoms with van der Waals surface area (Å²) in [7, 11) is 0. The van der Waals surface area contributed by atoms with Crippen LogP contribution in [0.5, 0.6) is 0 Å². The van der Waals surface area contributed by atoms with Gasteiger partial charge in [0.2, 0.25) is 0 Å². The van der Waals surface area contributed by atoms with E-state index >= 15 is 0 Å². The molecule has 0 aliphatic carbocycles. The van der Waals surface area contributed by atoms with E-state index in [0.29, 0.717) is 16.9 Å². The number of rotatable bonds is 3. The molecule has 0 aromatic heterocycles. The van der Waals surface area contributed by atoms with Crippen LogP contribution in [0.25, 0.3) is 0 Å². The van der Waals surface area contributed by atoms with Crippen LogP contribution >= 0.6 is 15.9 Å². The summed E-state index contributed by atoms with van der Waals surface area (Å²) in [5.41, 5.74) is 1.62. The zero-order chi connectivity index (χ0) is 13.8. The Morgan fingerprint density at radius 3 is 2.63 bits per heavy atom. The molecule has 2 rings (SSSR count).